The van der Waals surface area contributed by atoms with Gasteiger partial charge in [-0.1, -0.05) is 12.1 Å². The smallest absolute Gasteiger partial charge is 0.282 e. The number of nitrogens with zero attached hydrogens (tertiary/aromatic N) is 1. The standard InChI is InChI=1S/C14H11IN2O3S/c1-21-9-6-7-13(17(19)20)10(8-9)14(18)16-12-5-3-2-4-11(12)15/h2-8H,1H3,(H,16,18). The molecule has 1 amide bonds. The van der Waals surface area contributed by atoms with Crippen molar-refractivity contribution >= 4 is 51.6 Å². The summed E-state index contributed by atoms with van der Waals surface area (Å²) >= 11 is 3.52. The van der Waals surface area contributed by atoms with Gasteiger partial charge in [-0.2, -0.15) is 0 Å². The molecule has 0 fully saturated rings. The number of thioether (sulfide) groups is 1. The van der Waals surface area contributed by atoms with Crippen molar-refractivity contribution in [2.24, 2.45) is 0 Å². The topological polar surface area (TPSA) is 72.2 Å². The summed E-state index contributed by atoms with van der Waals surface area (Å²) in [5, 5.41) is 13.8. The van der Waals surface area contributed by atoms with E-state index in [0.717, 1.165) is 8.47 Å². The third-order valence-corrected chi connectivity index (χ3v) is 4.43. The summed E-state index contributed by atoms with van der Waals surface area (Å²) in [6, 6.07) is 11.8. The Morgan fingerprint density at radius 2 is 2.00 bits per heavy atom. The Hall–Kier alpha value is -1.61. The van der Waals surface area contributed by atoms with Crippen LogP contribution in [0.5, 0.6) is 0 Å². The van der Waals surface area contributed by atoms with Crippen molar-refractivity contribution < 1.29 is 9.72 Å². The molecule has 0 radical (unpaired) electrons. The normalized spacial score (nSPS) is 10.2. The number of carbonyl (C=O) groups excluding carboxylic acids is 1. The van der Waals surface area contributed by atoms with Crippen molar-refractivity contribution in [1.29, 1.82) is 0 Å². The van der Waals surface area contributed by atoms with Crippen LogP contribution in [-0.4, -0.2) is 17.1 Å². The first-order valence-electron chi connectivity index (χ1n) is 5.91. The molecule has 0 saturated carbocycles. The van der Waals surface area contributed by atoms with Gasteiger partial charge in [-0.15, -0.1) is 11.8 Å². The minimum absolute atomic E-state index is 0.0616. The number of rotatable bonds is 4. The number of amides is 1. The highest BCUT2D eigenvalue weighted by atomic mass is 127. The summed E-state index contributed by atoms with van der Waals surface area (Å²) in [6.07, 6.45) is 1.85. The molecule has 5 nitrogen and oxygen atoms in total. The van der Waals surface area contributed by atoms with E-state index in [2.05, 4.69) is 27.9 Å². The second kappa shape index (κ2) is 6.90. The highest BCUT2D eigenvalue weighted by molar-refractivity contribution is 14.1. The summed E-state index contributed by atoms with van der Waals surface area (Å²) in [6.45, 7) is 0. The van der Waals surface area contributed by atoms with E-state index in [1.165, 1.54) is 23.9 Å². The number of nitrogens with one attached hydrogen (secondary N) is 1. The molecule has 0 atom stereocenters. The molecular formula is C14H11IN2O3S. The number of anilines is 1. The van der Waals surface area contributed by atoms with Crippen LogP contribution in [0.1, 0.15) is 10.4 Å². The van der Waals surface area contributed by atoms with Gasteiger partial charge in [0.25, 0.3) is 11.6 Å². The number of nitro benzene ring substituents is 1. The van der Waals surface area contributed by atoms with Gasteiger partial charge in [-0.25, -0.2) is 0 Å². The average Bonchev–Trinajstić information content (AvgIpc) is 2.48. The lowest BCUT2D eigenvalue weighted by Crippen LogP contribution is -2.14. The lowest BCUT2D eigenvalue weighted by atomic mass is 10.1. The molecule has 0 saturated heterocycles. The number of hydrogen-bond donors (Lipinski definition) is 1. The molecule has 0 aromatic heterocycles. The summed E-state index contributed by atoms with van der Waals surface area (Å²) < 4.78 is 0.868. The molecule has 0 heterocycles. The molecule has 2 aromatic rings. The van der Waals surface area contributed by atoms with Gasteiger partial charge in [-0.05, 0) is 53.1 Å². The average molecular weight is 414 g/mol. The molecule has 2 rings (SSSR count). The second-order valence-corrected chi connectivity index (χ2v) is 6.12. The highest BCUT2D eigenvalue weighted by Gasteiger charge is 2.21. The predicted molar refractivity (Wildman–Crippen MR) is 92.0 cm³/mol. The summed E-state index contributed by atoms with van der Waals surface area (Å²) in [4.78, 5) is 23.6. The lowest BCUT2D eigenvalue weighted by molar-refractivity contribution is -0.385. The number of carbonyl (C=O) groups is 1. The van der Waals surface area contributed by atoms with Gasteiger partial charge < -0.3 is 5.32 Å². The number of para-hydroxylation sites is 1. The van der Waals surface area contributed by atoms with Gasteiger partial charge >= 0.3 is 0 Å². The quantitative estimate of drug-likeness (QED) is 0.353. The van der Waals surface area contributed by atoms with Crippen LogP contribution in [0, 0.1) is 13.7 Å². The van der Waals surface area contributed by atoms with Gasteiger partial charge in [0.1, 0.15) is 5.56 Å². The first kappa shape index (κ1) is 15.8. The third-order valence-electron chi connectivity index (χ3n) is 2.77. The van der Waals surface area contributed by atoms with Gasteiger partial charge in [0.15, 0.2) is 0 Å². The SMILES string of the molecule is CSc1ccc([N+](=O)[O-])c(C(=O)Nc2ccccc2I)c1. The van der Waals surface area contributed by atoms with Crippen molar-refractivity contribution in [3.63, 3.8) is 0 Å². The number of hydrogen-bond acceptors (Lipinski definition) is 4. The maximum Gasteiger partial charge on any atom is 0.282 e. The molecule has 0 aliphatic carbocycles. The molecule has 108 valence electrons. The Balaban J connectivity index is 2.38. The van der Waals surface area contributed by atoms with E-state index < -0.39 is 10.8 Å². The Kier molecular flexibility index (Phi) is 5.18. The molecule has 0 bridgehead atoms. The second-order valence-electron chi connectivity index (χ2n) is 4.07. The van der Waals surface area contributed by atoms with Crippen molar-refractivity contribution in [1.82, 2.24) is 0 Å². The van der Waals surface area contributed by atoms with Crippen molar-refractivity contribution in [2.75, 3.05) is 11.6 Å². The highest BCUT2D eigenvalue weighted by Crippen LogP contribution is 2.26. The lowest BCUT2D eigenvalue weighted by Gasteiger charge is -2.08. The molecule has 0 aliphatic heterocycles. The van der Waals surface area contributed by atoms with E-state index in [1.807, 2.05) is 18.4 Å². The zero-order valence-corrected chi connectivity index (χ0v) is 14.0. The third kappa shape index (κ3) is 3.73. The van der Waals surface area contributed by atoms with Crippen LogP contribution in [-0.2, 0) is 0 Å². The summed E-state index contributed by atoms with van der Waals surface area (Å²) in [7, 11) is 0. The van der Waals surface area contributed by atoms with Crippen LogP contribution in [0.4, 0.5) is 11.4 Å². The molecule has 1 N–H and O–H groups in total. The molecular weight excluding hydrogens is 403 g/mol. The summed E-state index contributed by atoms with van der Waals surface area (Å²) in [5.41, 5.74) is 0.495. The minimum atomic E-state index is -0.547. The zero-order chi connectivity index (χ0) is 15.4. The van der Waals surface area contributed by atoms with E-state index in [0.29, 0.717) is 5.69 Å². The minimum Gasteiger partial charge on any atom is -0.321 e. The number of benzene rings is 2. The van der Waals surface area contributed by atoms with E-state index in [4.69, 9.17) is 0 Å². The molecule has 7 heteroatoms. The molecule has 0 spiro atoms. The summed E-state index contributed by atoms with van der Waals surface area (Å²) in [5.74, 6) is -0.485. The fraction of sp³-hybridized carbons (Fsp3) is 0.0714. The fourth-order valence-corrected chi connectivity index (χ4v) is 2.70. The van der Waals surface area contributed by atoms with E-state index >= 15 is 0 Å². The van der Waals surface area contributed by atoms with Crippen LogP contribution in [0.25, 0.3) is 0 Å². The van der Waals surface area contributed by atoms with E-state index in [-0.39, 0.29) is 11.3 Å². The van der Waals surface area contributed by atoms with Gasteiger partial charge in [0.05, 0.1) is 10.6 Å². The number of halogens is 1. The Morgan fingerprint density at radius 1 is 1.29 bits per heavy atom. The Labute approximate surface area is 139 Å². The van der Waals surface area contributed by atoms with Crippen molar-refractivity contribution in [2.45, 2.75) is 4.90 Å². The van der Waals surface area contributed by atoms with E-state index in [1.54, 1.807) is 18.2 Å². The van der Waals surface area contributed by atoms with E-state index in [9.17, 15) is 14.9 Å². The van der Waals surface area contributed by atoms with Gasteiger partial charge in [0, 0.05) is 14.5 Å². The van der Waals surface area contributed by atoms with Crippen LogP contribution in [0.2, 0.25) is 0 Å². The first-order valence-corrected chi connectivity index (χ1v) is 8.21. The predicted octanol–water partition coefficient (Wildman–Crippen LogP) is 4.17. The van der Waals surface area contributed by atoms with Crippen molar-refractivity contribution in [3.05, 3.63) is 61.7 Å². The maximum absolute atomic E-state index is 12.3. The van der Waals surface area contributed by atoms with Gasteiger partial charge in [0.2, 0.25) is 0 Å². The van der Waals surface area contributed by atoms with Crippen LogP contribution in [0.15, 0.2) is 47.4 Å². The van der Waals surface area contributed by atoms with Crippen LogP contribution in [0.3, 0.4) is 0 Å². The zero-order valence-electron chi connectivity index (χ0n) is 11.0. The maximum atomic E-state index is 12.3. The largest absolute Gasteiger partial charge is 0.321 e. The van der Waals surface area contributed by atoms with Crippen LogP contribution < -0.4 is 5.32 Å². The molecule has 2 aromatic carbocycles. The first-order chi connectivity index (χ1) is 10.0. The fourth-order valence-electron chi connectivity index (χ4n) is 1.74. The monoisotopic (exact) mass is 414 g/mol. The van der Waals surface area contributed by atoms with Crippen molar-refractivity contribution in [3.8, 4) is 0 Å². The molecule has 0 aliphatic rings. The molecule has 21 heavy (non-hydrogen) atoms. The number of nitro groups is 1. The Bertz CT molecular complexity index is 706. The van der Waals surface area contributed by atoms with Crippen LogP contribution >= 0.6 is 34.4 Å². The van der Waals surface area contributed by atoms with Gasteiger partial charge in [-0.3, -0.25) is 14.9 Å². The molecule has 0 unspecified atom stereocenters. The Morgan fingerprint density at radius 3 is 2.62 bits per heavy atom.